The average Bonchev–Trinajstić information content (AvgIpc) is 2.66. The van der Waals surface area contributed by atoms with Gasteiger partial charge in [0.15, 0.2) is 0 Å². The molecule has 0 heterocycles. The minimum Gasteiger partial charge on any atom is -0.324 e. The minimum atomic E-state index is -3.77. The molecule has 146 valence electrons. The number of carbonyl (C=O) groups is 1. The smallest absolute Gasteiger partial charge is 0.243 e. The van der Waals surface area contributed by atoms with E-state index in [0.29, 0.717) is 5.02 Å². The molecule has 0 saturated carbocycles. The lowest BCUT2D eigenvalue weighted by Crippen LogP contribution is -2.38. The first kappa shape index (κ1) is 21.4. The summed E-state index contributed by atoms with van der Waals surface area (Å²) in [5, 5.41) is 3.37. The van der Waals surface area contributed by atoms with Crippen molar-refractivity contribution in [2.75, 3.05) is 18.4 Å². The van der Waals surface area contributed by atoms with Crippen molar-refractivity contribution in [1.29, 1.82) is 0 Å². The molecule has 0 aliphatic rings. The van der Waals surface area contributed by atoms with Crippen LogP contribution in [-0.4, -0.2) is 31.7 Å². The van der Waals surface area contributed by atoms with Crippen LogP contribution in [0.4, 0.5) is 5.69 Å². The molecule has 0 saturated heterocycles. The van der Waals surface area contributed by atoms with E-state index >= 15 is 0 Å². The maximum Gasteiger partial charge on any atom is 0.243 e. The van der Waals surface area contributed by atoms with Crippen molar-refractivity contribution in [1.82, 2.24) is 4.31 Å². The molecule has 2 aromatic rings. The van der Waals surface area contributed by atoms with E-state index < -0.39 is 10.0 Å². The summed E-state index contributed by atoms with van der Waals surface area (Å²) in [6, 6.07) is 11.8. The van der Waals surface area contributed by atoms with Crippen molar-refractivity contribution >= 4 is 33.2 Å². The largest absolute Gasteiger partial charge is 0.324 e. The summed E-state index contributed by atoms with van der Waals surface area (Å²) < 4.78 is 26.8. The van der Waals surface area contributed by atoms with Gasteiger partial charge in [-0.25, -0.2) is 8.42 Å². The Bertz CT molecular complexity index is 874. The second kappa shape index (κ2) is 9.35. The molecule has 0 aliphatic carbocycles. The molecule has 2 rings (SSSR count). The Morgan fingerprint density at radius 1 is 1.00 bits per heavy atom. The van der Waals surface area contributed by atoms with Gasteiger partial charge < -0.3 is 5.32 Å². The quantitative estimate of drug-likeness (QED) is 0.714. The zero-order valence-electron chi connectivity index (χ0n) is 15.8. The van der Waals surface area contributed by atoms with Crippen molar-refractivity contribution < 1.29 is 13.2 Å². The molecule has 5 nitrogen and oxygen atoms in total. The minimum absolute atomic E-state index is 0.116. The fourth-order valence-corrected chi connectivity index (χ4v) is 4.40. The van der Waals surface area contributed by atoms with Crippen LogP contribution in [0.5, 0.6) is 0 Å². The second-order valence-corrected chi connectivity index (χ2v) is 8.47. The standard InChI is InChI=1S/C20H25ClN2O3S/c1-4-15-8-7-9-16(5-2)20(15)22-19(24)14-23(6-3)27(25,26)18-12-10-17(21)11-13-18/h7-13H,4-6,14H2,1-3H3,(H,22,24). The summed E-state index contributed by atoms with van der Waals surface area (Å²) >= 11 is 5.83. The topological polar surface area (TPSA) is 66.5 Å². The van der Waals surface area contributed by atoms with Gasteiger partial charge in [-0.15, -0.1) is 0 Å². The van der Waals surface area contributed by atoms with Crippen molar-refractivity contribution in [3.8, 4) is 0 Å². The van der Waals surface area contributed by atoms with Gasteiger partial charge in [-0.05, 0) is 48.2 Å². The third-order valence-electron chi connectivity index (χ3n) is 4.39. The van der Waals surface area contributed by atoms with Gasteiger partial charge in [-0.2, -0.15) is 4.31 Å². The number of amides is 1. The fraction of sp³-hybridized carbons (Fsp3) is 0.350. The third-order valence-corrected chi connectivity index (χ3v) is 6.57. The number of hydrogen-bond acceptors (Lipinski definition) is 3. The molecule has 1 N–H and O–H groups in total. The molecule has 0 unspecified atom stereocenters. The number of likely N-dealkylation sites (N-methyl/N-ethyl adjacent to an activating group) is 1. The van der Waals surface area contributed by atoms with E-state index in [1.807, 2.05) is 32.0 Å². The van der Waals surface area contributed by atoms with Crippen LogP contribution in [0.15, 0.2) is 47.4 Å². The predicted octanol–water partition coefficient (Wildman–Crippen LogP) is 4.11. The lowest BCUT2D eigenvalue weighted by Gasteiger charge is -2.21. The maximum atomic E-state index is 12.8. The highest BCUT2D eigenvalue weighted by molar-refractivity contribution is 7.89. The van der Waals surface area contributed by atoms with Gasteiger partial charge in [0.2, 0.25) is 15.9 Å². The number of halogens is 1. The highest BCUT2D eigenvalue weighted by Gasteiger charge is 2.25. The van der Waals surface area contributed by atoms with Gasteiger partial charge in [0, 0.05) is 17.3 Å². The first-order valence-electron chi connectivity index (χ1n) is 8.99. The van der Waals surface area contributed by atoms with E-state index in [0.717, 1.165) is 34.0 Å². The molecule has 1 amide bonds. The molecular formula is C20H25ClN2O3S. The Morgan fingerprint density at radius 2 is 1.56 bits per heavy atom. The SMILES string of the molecule is CCc1cccc(CC)c1NC(=O)CN(CC)S(=O)(=O)c1ccc(Cl)cc1. The van der Waals surface area contributed by atoms with Crippen LogP contribution < -0.4 is 5.32 Å². The number of nitrogens with one attached hydrogen (secondary N) is 1. The van der Waals surface area contributed by atoms with Crippen LogP contribution >= 0.6 is 11.6 Å². The molecule has 0 atom stereocenters. The molecule has 7 heteroatoms. The van der Waals surface area contributed by atoms with Crippen LogP contribution in [0.1, 0.15) is 31.9 Å². The third kappa shape index (κ3) is 5.09. The number of para-hydroxylation sites is 1. The van der Waals surface area contributed by atoms with Crippen LogP contribution in [0.2, 0.25) is 5.02 Å². The van der Waals surface area contributed by atoms with Gasteiger partial charge in [0.1, 0.15) is 0 Å². The van der Waals surface area contributed by atoms with E-state index in [4.69, 9.17) is 11.6 Å². The molecule has 0 bridgehead atoms. The van der Waals surface area contributed by atoms with Gasteiger partial charge >= 0.3 is 0 Å². The Balaban J connectivity index is 2.22. The molecule has 0 spiro atoms. The van der Waals surface area contributed by atoms with Gasteiger partial charge in [-0.1, -0.05) is 50.6 Å². The summed E-state index contributed by atoms with van der Waals surface area (Å²) in [7, 11) is -3.77. The lowest BCUT2D eigenvalue weighted by atomic mass is 10.0. The molecule has 0 fully saturated rings. The number of aryl methyl sites for hydroxylation is 2. The predicted molar refractivity (Wildman–Crippen MR) is 110 cm³/mol. The van der Waals surface area contributed by atoms with Crippen molar-refractivity contribution in [3.63, 3.8) is 0 Å². The summed E-state index contributed by atoms with van der Waals surface area (Å²) in [4.78, 5) is 12.7. The molecule has 0 aliphatic heterocycles. The number of benzene rings is 2. The van der Waals surface area contributed by atoms with E-state index in [2.05, 4.69) is 5.32 Å². The normalized spacial score (nSPS) is 11.6. The van der Waals surface area contributed by atoms with Crippen LogP contribution in [0.3, 0.4) is 0 Å². The zero-order valence-corrected chi connectivity index (χ0v) is 17.4. The number of carbonyl (C=O) groups excluding carboxylic acids is 1. The van der Waals surface area contributed by atoms with Crippen molar-refractivity contribution in [2.45, 2.75) is 38.5 Å². The molecular weight excluding hydrogens is 384 g/mol. The average molecular weight is 409 g/mol. The fourth-order valence-electron chi connectivity index (χ4n) is 2.86. The molecule has 2 aromatic carbocycles. The first-order chi connectivity index (χ1) is 12.8. The van der Waals surface area contributed by atoms with Crippen LogP contribution in [0, 0.1) is 0 Å². The summed E-state index contributed by atoms with van der Waals surface area (Å²) in [5.74, 6) is -0.356. The van der Waals surface area contributed by atoms with Crippen LogP contribution in [0.25, 0.3) is 0 Å². The van der Waals surface area contributed by atoms with Crippen molar-refractivity contribution in [3.05, 3.63) is 58.6 Å². The van der Waals surface area contributed by atoms with Crippen molar-refractivity contribution in [2.24, 2.45) is 0 Å². The number of sulfonamides is 1. The second-order valence-electron chi connectivity index (χ2n) is 6.09. The van der Waals surface area contributed by atoms with E-state index in [1.54, 1.807) is 6.92 Å². The summed E-state index contributed by atoms with van der Waals surface area (Å²) in [6.45, 7) is 5.69. The monoisotopic (exact) mass is 408 g/mol. The first-order valence-corrected chi connectivity index (χ1v) is 10.8. The Hall–Kier alpha value is -1.89. The Morgan fingerprint density at radius 3 is 2.04 bits per heavy atom. The Kier molecular flexibility index (Phi) is 7.41. The summed E-state index contributed by atoms with van der Waals surface area (Å²) in [5.41, 5.74) is 2.85. The van der Waals surface area contributed by atoms with Gasteiger partial charge in [-0.3, -0.25) is 4.79 Å². The molecule has 27 heavy (non-hydrogen) atoms. The zero-order chi connectivity index (χ0) is 20.0. The number of hydrogen-bond donors (Lipinski definition) is 1. The number of rotatable bonds is 8. The van der Waals surface area contributed by atoms with Gasteiger partial charge in [0.25, 0.3) is 0 Å². The van der Waals surface area contributed by atoms with Crippen LogP contribution in [-0.2, 0) is 27.7 Å². The molecule has 0 aromatic heterocycles. The van der Waals surface area contributed by atoms with E-state index in [9.17, 15) is 13.2 Å². The molecule has 0 radical (unpaired) electrons. The highest BCUT2D eigenvalue weighted by atomic mass is 35.5. The summed E-state index contributed by atoms with van der Waals surface area (Å²) in [6.07, 6.45) is 1.56. The number of anilines is 1. The van der Waals surface area contributed by atoms with Gasteiger partial charge in [0.05, 0.1) is 11.4 Å². The number of nitrogens with zero attached hydrogens (tertiary/aromatic N) is 1. The maximum absolute atomic E-state index is 12.8. The van der Waals surface area contributed by atoms with E-state index in [-0.39, 0.29) is 23.9 Å². The highest BCUT2D eigenvalue weighted by Crippen LogP contribution is 2.23. The Labute approximate surface area is 166 Å². The lowest BCUT2D eigenvalue weighted by molar-refractivity contribution is -0.116. The van der Waals surface area contributed by atoms with E-state index in [1.165, 1.54) is 24.3 Å².